The fraction of sp³-hybridized carbons (Fsp3) is 0.667. The van der Waals surface area contributed by atoms with Gasteiger partial charge < -0.3 is 19.6 Å². The van der Waals surface area contributed by atoms with Crippen LogP contribution in [-0.4, -0.2) is 41.4 Å². The first-order valence-electron chi connectivity index (χ1n) is 6.09. The van der Waals surface area contributed by atoms with E-state index in [9.17, 15) is 4.79 Å². The van der Waals surface area contributed by atoms with E-state index in [0.717, 1.165) is 18.5 Å². The number of nitrogens with one attached hydrogen (secondary N) is 1. The van der Waals surface area contributed by atoms with Crippen LogP contribution in [0.15, 0.2) is 0 Å². The number of carboxylic acid groups (broad SMARTS) is 1. The Morgan fingerprint density at radius 2 is 2.39 bits per heavy atom. The molecular formula is C12H18N2O4. The van der Waals surface area contributed by atoms with E-state index in [1.54, 1.807) is 7.11 Å². The summed E-state index contributed by atoms with van der Waals surface area (Å²) < 4.78 is 10.2. The van der Waals surface area contributed by atoms with Crippen molar-refractivity contribution in [2.75, 3.05) is 20.3 Å². The fourth-order valence-electron chi connectivity index (χ4n) is 2.20. The number of H-pyrrole nitrogens is 1. The number of carboxylic acids is 1. The zero-order chi connectivity index (χ0) is 13.0. The Balaban J connectivity index is 2.00. The molecule has 6 nitrogen and oxygen atoms in total. The van der Waals surface area contributed by atoms with Gasteiger partial charge in [0.2, 0.25) is 0 Å². The van der Waals surface area contributed by atoms with E-state index in [0.29, 0.717) is 37.8 Å². The number of fused-ring (bicyclic) bond motifs is 1. The van der Waals surface area contributed by atoms with Gasteiger partial charge in [-0.05, 0) is 19.3 Å². The number of ether oxygens (including phenoxy) is 2. The fourth-order valence-corrected chi connectivity index (χ4v) is 2.20. The number of nitrogens with zero attached hydrogens (tertiary/aromatic N) is 1. The average Bonchev–Trinajstić information content (AvgIpc) is 2.76. The topological polar surface area (TPSA) is 84.4 Å². The van der Waals surface area contributed by atoms with Crippen molar-refractivity contribution >= 4 is 5.97 Å². The Hall–Kier alpha value is -1.40. The molecule has 18 heavy (non-hydrogen) atoms. The predicted molar refractivity (Wildman–Crippen MR) is 63.4 cm³/mol. The summed E-state index contributed by atoms with van der Waals surface area (Å²) in [4.78, 5) is 18.6. The van der Waals surface area contributed by atoms with Gasteiger partial charge in [-0.1, -0.05) is 0 Å². The summed E-state index contributed by atoms with van der Waals surface area (Å²) >= 11 is 0. The molecule has 2 N–H and O–H groups in total. The van der Waals surface area contributed by atoms with Gasteiger partial charge in [-0.3, -0.25) is 4.79 Å². The van der Waals surface area contributed by atoms with Crippen molar-refractivity contribution in [3.63, 3.8) is 0 Å². The first kappa shape index (κ1) is 13.0. The van der Waals surface area contributed by atoms with Crippen LogP contribution in [0, 0.1) is 0 Å². The molecule has 1 aromatic heterocycles. The van der Waals surface area contributed by atoms with Gasteiger partial charge in [-0.2, -0.15) is 0 Å². The Morgan fingerprint density at radius 3 is 3.11 bits per heavy atom. The molecule has 0 radical (unpaired) electrons. The largest absolute Gasteiger partial charge is 0.481 e. The number of aromatic nitrogens is 2. The molecule has 0 saturated heterocycles. The smallest absolute Gasteiger partial charge is 0.312 e. The molecule has 0 bridgehead atoms. The van der Waals surface area contributed by atoms with Gasteiger partial charge in [0.1, 0.15) is 18.3 Å². The maximum Gasteiger partial charge on any atom is 0.312 e. The van der Waals surface area contributed by atoms with Crippen molar-refractivity contribution in [1.29, 1.82) is 0 Å². The lowest BCUT2D eigenvalue weighted by molar-refractivity contribution is -0.139. The lowest BCUT2D eigenvalue weighted by Gasteiger charge is -2.16. The number of hydrogen-bond donors (Lipinski definition) is 2. The Labute approximate surface area is 105 Å². The highest BCUT2D eigenvalue weighted by molar-refractivity contribution is 5.76. The quantitative estimate of drug-likeness (QED) is 0.742. The second-order valence-electron chi connectivity index (χ2n) is 4.38. The zero-order valence-corrected chi connectivity index (χ0v) is 10.4. The number of aliphatic carboxylic acids is 1. The molecule has 1 aliphatic carbocycles. The molecule has 1 atom stereocenters. The number of aromatic amines is 1. The van der Waals surface area contributed by atoms with Crippen LogP contribution in [0.5, 0.6) is 0 Å². The molecule has 0 amide bonds. The van der Waals surface area contributed by atoms with Gasteiger partial charge in [0.15, 0.2) is 0 Å². The lowest BCUT2D eigenvalue weighted by Crippen LogP contribution is -2.17. The third kappa shape index (κ3) is 2.88. The minimum atomic E-state index is -0.797. The summed E-state index contributed by atoms with van der Waals surface area (Å²) in [5.41, 5.74) is 1.62. The molecule has 6 heteroatoms. The van der Waals surface area contributed by atoms with Crippen LogP contribution in [0.4, 0.5) is 0 Å². The molecule has 0 fully saturated rings. The summed E-state index contributed by atoms with van der Waals surface area (Å²) in [6.07, 6.45) is 2.41. The van der Waals surface area contributed by atoms with Gasteiger partial charge in [-0.15, -0.1) is 0 Å². The first-order valence-corrected chi connectivity index (χ1v) is 6.09. The summed E-state index contributed by atoms with van der Waals surface area (Å²) in [5, 5.41) is 9.14. The van der Waals surface area contributed by atoms with E-state index in [1.807, 2.05) is 0 Å². The number of rotatable bonds is 6. The normalized spacial score (nSPS) is 18.6. The van der Waals surface area contributed by atoms with Crippen molar-refractivity contribution in [2.24, 2.45) is 0 Å². The molecule has 1 unspecified atom stereocenters. The maximum absolute atomic E-state index is 11.1. The SMILES string of the molecule is COCCOCc1nc2c([nH]1)CCCC2C(=O)O. The second kappa shape index (κ2) is 5.97. The number of imidazole rings is 1. The van der Waals surface area contributed by atoms with Crippen molar-refractivity contribution < 1.29 is 19.4 Å². The minimum Gasteiger partial charge on any atom is -0.481 e. The van der Waals surface area contributed by atoms with Gasteiger partial charge in [0.25, 0.3) is 0 Å². The number of hydrogen-bond acceptors (Lipinski definition) is 4. The highest BCUT2D eigenvalue weighted by Crippen LogP contribution is 2.30. The average molecular weight is 254 g/mol. The van der Waals surface area contributed by atoms with Gasteiger partial charge in [0.05, 0.1) is 18.9 Å². The van der Waals surface area contributed by atoms with Crippen molar-refractivity contribution in [3.05, 3.63) is 17.2 Å². The summed E-state index contributed by atoms with van der Waals surface area (Å²) in [5.74, 6) is -0.573. The summed E-state index contributed by atoms with van der Waals surface area (Å²) in [6.45, 7) is 1.41. The number of aryl methyl sites for hydroxylation is 1. The Bertz CT molecular complexity index is 416. The highest BCUT2D eigenvalue weighted by Gasteiger charge is 2.29. The highest BCUT2D eigenvalue weighted by atomic mass is 16.5. The third-order valence-corrected chi connectivity index (χ3v) is 3.08. The Kier molecular flexibility index (Phi) is 4.33. The lowest BCUT2D eigenvalue weighted by atomic mass is 9.90. The van der Waals surface area contributed by atoms with Crippen molar-refractivity contribution in [2.45, 2.75) is 31.8 Å². The van der Waals surface area contributed by atoms with E-state index in [-0.39, 0.29) is 0 Å². The molecule has 1 aliphatic rings. The molecular weight excluding hydrogens is 236 g/mol. The van der Waals surface area contributed by atoms with E-state index < -0.39 is 11.9 Å². The van der Waals surface area contributed by atoms with Crippen LogP contribution in [0.1, 0.15) is 36.0 Å². The molecule has 100 valence electrons. The number of carbonyl (C=O) groups is 1. The summed E-state index contributed by atoms with van der Waals surface area (Å²) in [6, 6.07) is 0. The summed E-state index contributed by atoms with van der Waals surface area (Å²) in [7, 11) is 1.62. The van der Waals surface area contributed by atoms with E-state index in [1.165, 1.54) is 0 Å². The van der Waals surface area contributed by atoms with Gasteiger partial charge >= 0.3 is 5.97 Å². The van der Waals surface area contributed by atoms with E-state index in [2.05, 4.69) is 9.97 Å². The molecule has 0 aromatic carbocycles. The van der Waals surface area contributed by atoms with Crippen LogP contribution in [0.3, 0.4) is 0 Å². The molecule has 1 heterocycles. The standard InChI is InChI=1S/C12H18N2O4/c1-17-5-6-18-7-10-13-9-4-2-3-8(12(15)16)11(9)14-10/h8H,2-7H2,1H3,(H,13,14)(H,15,16). The van der Waals surface area contributed by atoms with Crippen LogP contribution < -0.4 is 0 Å². The van der Waals surface area contributed by atoms with Crippen molar-refractivity contribution in [1.82, 2.24) is 9.97 Å². The Morgan fingerprint density at radius 1 is 1.56 bits per heavy atom. The first-order chi connectivity index (χ1) is 8.72. The van der Waals surface area contributed by atoms with E-state index >= 15 is 0 Å². The van der Waals surface area contributed by atoms with Crippen molar-refractivity contribution in [3.8, 4) is 0 Å². The predicted octanol–water partition coefficient (Wildman–Crippen LogP) is 1.08. The molecule has 2 rings (SSSR count). The molecule has 0 spiro atoms. The number of methoxy groups -OCH3 is 1. The van der Waals surface area contributed by atoms with Crippen LogP contribution >= 0.6 is 0 Å². The van der Waals surface area contributed by atoms with Crippen LogP contribution in [0.25, 0.3) is 0 Å². The van der Waals surface area contributed by atoms with E-state index in [4.69, 9.17) is 14.6 Å². The molecule has 0 aliphatic heterocycles. The molecule has 0 saturated carbocycles. The minimum absolute atomic E-state index is 0.364. The monoisotopic (exact) mass is 254 g/mol. The van der Waals surface area contributed by atoms with Gasteiger partial charge in [-0.25, -0.2) is 4.98 Å². The zero-order valence-electron chi connectivity index (χ0n) is 10.4. The third-order valence-electron chi connectivity index (χ3n) is 3.08. The van der Waals surface area contributed by atoms with Crippen LogP contribution in [-0.2, 0) is 27.3 Å². The maximum atomic E-state index is 11.1. The van der Waals surface area contributed by atoms with Crippen LogP contribution in [0.2, 0.25) is 0 Å². The van der Waals surface area contributed by atoms with Gasteiger partial charge in [0, 0.05) is 12.8 Å². The molecule has 1 aromatic rings. The second-order valence-corrected chi connectivity index (χ2v) is 4.38.